The Bertz CT molecular complexity index is 436. The molecule has 3 rings (SSSR count). The second-order valence-corrected chi connectivity index (χ2v) is 6.41. The average molecular weight is 288 g/mol. The van der Waals surface area contributed by atoms with Gasteiger partial charge in [0, 0.05) is 51.2 Å². The molecule has 1 aromatic heterocycles. The monoisotopic (exact) mass is 288 g/mol. The first-order valence-electron chi connectivity index (χ1n) is 8.48. The predicted octanol–water partition coefficient (Wildman–Crippen LogP) is 2.11. The third kappa shape index (κ3) is 4.42. The molecule has 0 unspecified atom stereocenters. The Labute approximate surface area is 128 Å². The van der Waals surface area contributed by atoms with Crippen molar-refractivity contribution in [3.63, 3.8) is 0 Å². The lowest BCUT2D eigenvalue weighted by Crippen LogP contribution is -2.47. The number of rotatable bonds is 7. The molecular weight excluding hydrogens is 260 g/mol. The van der Waals surface area contributed by atoms with Gasteiger partial charge in [0.15, 0.2) is 0 Å². The molecule has 0 aromatic carbocycles. The molecule has 0 bridgehead atoms. The molecule has 116 valence electrons. The van der Waals surface area contributed by atoms with Gasteiger partial charge in [-0.25, -0.2) is 0 Å². The molecule has 0 atom stereocenters. The molecule has 2 heterocycles. The lowest BCUT2D eigenvalue weighted by atomic mass is 10.2. The fourth-order valence-electron chi connectivity index (χ4n) is 3.01. The highest BCUT2D eigenvalue weighted by atomic mass is 15.3. The Morgan fingerprint density at radius 3 is 2.76 bits per heavy atom. The van der Waals surface area contributed by atoms with Gasteiger partial charge in [-0.05, 0) is 43.9 Å². The summed E-state index contributed by atoms with van der Waals surface area (Å²) < 4.78 is 0. The standard InChI is InChI=1S/C17H28N4/c1-2-6-18-13-16-12-17(5-7-19-16)21-10-8-20(9-11-21)14-15-3-4-15/h5,7,12,15,18H,2-4,6,8-11,13-14H2,1H3. The van der Waals surface area contributed by atoms with Crippen LogP contribution in [0.2, 0.25) is 0 Å². The van der Waals surface area contributed by atoms with Crippen LogP contribution in [-0.2, 0) is 6.54 Å². The van der Waals surface area contributed by atoms with E-state index in [0.717, 1.165) is 37.8 Å². The van der Waals surface area contributed by atoms with Crippen LogP contribution in [0, 0.1) is 5.92 Å². The van der Waals surface area contributed by atoms with Crippen LogP contribution >= 0.6 is 0 Å². The van der Waals surface area contributed by atoms with Crippen LogP contribution in [0.5, 0.6) is 0 Å². The molecule has 0 radical (unpaired) electrons. The molecule has 0 amide bonds. The summed E-state index contributed by atoms with van der Waals surface area (Å²) in [6.07, 6.45) is 6.04. The Hall–Kier alpha value is -1.13. The number of aromatic nitrogens is 1. The van der Waals surface area contributed by atoms with Gasteiger partial charge in [-0.2, -0.15) is 0 Å². The van der Waals surface area contributed by atoms with E-state index in [-0.39, 0.29) is 0 Å². The number of anilines is 1. The van der Waals surface area contributed by atoms with Gasteiger partial charge < -0.3 is 10.2 Å². The van der Waals surface area contributed by atoms with Gasteiger partial charge in [-0.1, -0.05) is 6.92 Å². The normalized spacial score (nSPS) is 20.0. The summed E-state index contributed by atoms with van der Waals surface area (Å²) >= 11 is 0. The molecule has 1 aromatic rings. The van der Waals surface area contributed by atoms with Crippen LogP contribution in [0.25, 0.3) is 0 Å². The van der Waals surface area contributed by atoms with Gasteiger partial charge in [-0.3, -0.25) is 9.88 Å². The van der Waals surface area contributed by atoms with Crippen molar-refractivity contribution in [2.45, 2.75) is 32.7 Å². The molecule has 1 saturated carbocycles. The lowest BCUT2D eigenvalue weighted by molar-refractivity contribution is 0.248. The SMILES string of the molecule is CCCNCc1cc(N2CCN(CC3CC3)CC2)ccn1. The van der Waals surface area contributed by atoms with E-state index in [4.69, 9.17) is 0 Å². The quantitative estimate of drug-likeness (QED) is 0.779. The van der Waals surface area contributed by atoms with E-state index in [2.05, 4.69) is 39.2 Å². The summed E-state index contributed by atoms with van der Waals surface area (Å²) in [7, 11) is 0. The second kappa shape index (κ2) is 7.23. The van der Waals surface area contributed by atoms with Crippen molar-refractivity contribution in [1.29, 1.82) is 0 Å². The minimum atomic E-state index is 0.878. The molecule has 2 fully saturated rings. The first kappa shape index (κ1) is 14.8. The first-order valence-corrected chi connectivity index (χ1v) is 8.48. The minimum absolute atomic E-state index is 0.878. The molecule has 1 saturated heterocycles. The maximum Gasteiger partial charge on any atom is 0.0562 e. The summed E-state index contributed by atoms with van der Waals surface area (Å²) in [5.74, 6) is 1.01. The van der Waals surface area contributed by atoms with E-state index >= 15 is 0 Å². The zero-order valence-corrected chi connectivity index (χ0v) is 13.2. The first-order chi connectivity index (χ1) is 10.3. The van der Waals surface area contributed by atoms with Gasteiger partial charge in [-0.15, -0.1) is 0 Å². The number of nitrogens with zero attached hydrogens (tertiary/aromatic N) is 3. The van der Waals surface area contributed by atoms with Gasteiger partial charge in [0.25, 0.3) is 0 Å². The highest BCUT2D eigenvalue weighted by Gasteiger charge is 2.26. The maximum absolute atomic E-state index is 4.47. The third-order valence-corrected chi connectivity index (χ3v) is 4.48. The second-order valence-electron chi connectivity index (χ2n) is 6.41. The van der Waals surface area contributed by atoms with Gasteiger partial charge in [0.05, 0.1) is 5.69 Å². The van der Waals surface area contributed by atoms with E-state index in [1.165, 1.54) is 44.6 Å². The van der Waals surface area contributed by atoms with E-state index in [1.54, 1.807) is 0 Å². The molecule has 4 heteroatoms. The molecule has 1 aliphatic heterocycles. The van der Waals surface area contributed by atoms with Crippen molar-refractivity contribution in [3.05, 3.63) is 24.0 Å². The Kier molecular flexibility index (Phi) is 5.09. The van der Waals surface area contributed by atoms with Crippen LogP contribution in [-0.4, -0.2) is 49.2 Å². The molecule has 4 nitrogen and oxygen atoms in total. The summed E-state index contributed by atoms with van der Waals surface area (Å²) in [6, 6.07) is 4.40. The van der Waals surface area contributed by atoms with E-state index in [0.29, 0.717) is 0 Å². The van der Waals surface area contributed by atoms with Crippen LogP contribution < -0.4 is 10.2 Å². The smallest absolute Gasteiger partial charge is 0.0562 e. The van der Waals surface area contributed by atoms with Crippen molar-refractivity contribution in [2.75, 3.05) is 44.2 Å². The molecule has 1 aliphatic carbocycles. The van der Waals surface area contributed by atoms with Crippen LogP contribution in [0.1, 0.15) is 31.9 Å². The minimum Gasteiger partial charge on any atom is -0.369 e. The van der Waals surface area contributed by atoms with Crippen LogP contribution in [0.4, 0.5) is 5.69 Å². The molecular formula is C17H28N4. The predicted molar refractivity (Wildman–Crippen MR) is 87.6 cm³/mol. The van der Waals surface area contributed by atoms with E-state index in [1.807, 2.05) is 6.20 Å². The van der Waals surface area contributed by atoms with Crippen LogP contribution in [0.3, 0.4) is 0 Å². The highest BCUT2D eigenvalue weighted by molar-refractivity contribution is 5.47. The lowest BCUT2D eigenvalue weighted by Gasteiger charge is -2.36. The highest BCUT2D eigenvalue weighted by Crippen LogP contribution is 2.30. The van der Waals surface area contributed by atoms with Crippen molar-refractivity contribution in [2.24, 2.45) is 5.92 Å². The average Bonchev–Trinajstić information content (AvgIpc) is 3.33. The third-order valence-electron chi connectivity index (χ3n) is 4.48. The molecule has 1 N–H and O–H groups in total. The Balaban J connectivity index is 1.50. The summed E-state index contributed by atoms with van der Waals surface area (Å²) in [4.78, 5) is 9.62. The molecule has 2 aliphatic rings. The van der Waals surface area contributed by atoms with Crippen molar-refractivity contribution in [1.82, 2.24) is 15.2 Å². The zero-order chi connectivity index (χ0) is 14.5. The van der Waals surface area contributed by atoms with E-state index < -0.39 is 0 Å². The van der Waals surface area contributed by atoms with Crippen molar-refractivity contribution >= 4 is 5.69 Å². The Morgan fingerprint density at radius 1 is 1.24 bits per heavy atom. The number of hydrogen-bond donors (Lipinski definition) is 1. The molecule has 0 spiro atoms. The zero-order valence-electron chi connectivity index (χ0n) is 13.2. The fraction of sp³-hybridized carbons (Fsp3) is 0.706. The number of hydrogen-bond acceptors (Lipinski definition) is 4. The maximum atomic E-state index is 4.47. The Morgan fingerprint density at radius 2 is 2.05 bits per heavy atom. The van der Waals surface area contributed by atoms with Crippen molar-refractivity contribution in [3.8, 4) is 0 Å². The number of nitrogens with one attached hydrogen (secondary N) is 1. The van der Waals surface area contributed by atoms with Crippen LogP contribution in [0.15, 0.2) is 18.3 Å². The summed E-state index contributed by atoms with van der Waals surface area (Å²) in [6.45, 7) is 10.2. The summed E-state index contributed by atoms with van der Waals surface area (Å²) in [5, 5.41) is 3.43. The number of pyridine rings is 1. The van der Waals surface area contributed by atoms with Crippen molar-refractivity contribution < 1.29 is 0 Å². The largest absolute Gasteiger partial charge is 0.369 e. The van der Waals surface area contributed by atoms with Gasteiger partial charge in [0.1, 0.15) is 0 Å². The summed E-state index contributed by atoms with van der Waals surface area (Å²) in [5.41, 5.74) is 2.49. The topological polar surface area (TPSA) is 31.4 Å². The fourth-order valence-corrected chi connectivity index (χ4v) is 3.01. The molecule has 21 heavy (non-hydrogen) atoms. The number of piperazine rings is 1. The van der Waals surface area contributed by atoms with Gasteiger partial charge >= 0.3 is 0 Å². The van der Waals surface area contributed by atoms with Gasteiger partial charge in [0.2, 0.25) is 0 Å². The van der Waals surface area contributed by atoms with E-state index in [9.17, 15) is 0 Å².